The third-order valence-electron chi connectivity index (χ3n) is 26.3. The second-order valence-electron chi connectivity index (χ2n) is 37.1. The van der Waals surface area contributed by atoms with Crippen LogP contribution < -0.4 is 0 Å². The Hall–Kier alpha value is -11.1. The van der Waals surface area contributed by atoms with Crippen molar-refractivity contribution in [2.24, 2.45) is 7.05 Å². The van der Waals surface area contributed by atoms with E-state index in [0.29, 0.717) is 0 Å². The van der Waals surface area contributed by atoms with Gasteiger partial charge in [-0.2, -0.15) is 5.10 Å². The van der Waals surface area contributed by atoms with Crippen molar-refractivity contribution in [3.63, 3.8) is 0 Å². The molecule has 0 saturated heterocycles. The zero-order valence-electron chi connectivity index (χ0n) is 78.0. The third kappa shape index (κ3) is 18.6. The number of halogens is 1. The maximum absolute atomic E-state index is 13.4. The summed E-state index contributed by atoms with van der Waals surface area (Å²) in [6.07, 6.45) is 24.8. The number of pyridine rings is 1. The summed E-state index contributed by atoms with van der Waals surface area (Å²) in [5.74, 6) is -0.206. The van der Waals surface area contributed by atoms with Crippen molar-refractivity contribution in [1.29, 1.82) is 0 Å². The van der Waals surface area contributed by atoms with Crippen LogP contribution >= 0.6 is 22.7 Å². The molecule has 0 amide bonds. The Labute approximate surface area is 754 Å². The molecule has 5 aliphatic heterocycles. The zero-order valence-corrected chi connectivity index (χ0v) is 79.6. The molecule has 5 aliphatic rings. The highest BCUT2D eigenvalue weighted by Gasteiger charge is 2.39. The average molecular weight is 1710 g/mol. The molecule has 0 N–H and O–H groups in total. The number of hydrogen-bond acceptors (Lipinski definition) is 9. The Balaban J connectivity index is 0.000000116. The first kappa shape index (κ1) is 88.4. The molecule has 0 bridgehead atoms. The van der Waals surface area contributed by atoms with Crippen molar-refractivity contribution in [1.82, 2.24) is 62.1 Å². The number of fused-ring (bicyclic) bond motifs is 15. The van der Waals surface area contributed by atoms with Crippen LogP contribution in [0.3, 0.4) is 0 Å². The highest BCUT2D eigenvalue weighted by Crippen LogP contribution is 2.45. The topological polar surface area (TPSA) is 71.6 Å². The normalized spacial score (nSPS) is 16.8. The van der Waals surface area contributed by atoms with Gasteiger partial charge in [0.25, 0.3) is 0 Å². The lowest BCUT2D eigenvalue weighted by Crippen LogP contribution is -2.42. The molecular formula is C110H126FN13S2. The van der Waals surface area contributed by atoms with Gasteiger partial charge >= 0.3 is 0 Å². The summed E-state index contributed by atoms with van der Waals surface area (Å²) in [4.78, 5) is 22.0. The molecule has 1 atom stereocenters. The first-order valence-electron chi connectivity index (χ1n) is 44.8. The molecule has 15 aromatic rings. The molecule has 0 fully saturated rings. The maximum Gasteiger partial charge on any atom is 0.123 e. The van der Waals surface area contributed by atoms with E-state index >= 15 is 0 Å². The summed E-state index contributed by atoms with van der Waals surface area (Å²) in [5.41, 5.74) is 38.5. The monoisotopic (exact) mass is 1710 g/mol. The molecule has 650 valence electrons. The van der Waals surface area contributed by atoms with Crippen LogP contribution in [0, 0.1) is 61.2 Å². The lowest BCUT2D eigenvalue weighted by molar-refractivity contribution is 0.220. The molecule has 0 radical (unpaired) electrons. The van der Waals surface area contributed by atoms with Crippen LogP contribution in [0.4, 0.5) is 4.39 Å². The fraction of sp³-hybridized carbons (Fsp3) is 0.327. The summed E-state index contributed by atoms with van der Waals surface area (Å²) < 4.78 is 27.3. The van der Waals surface area contributed by atoms with E-state index in [4.69, 9.17) is 0 Å². The molecule has 16 heteroatoms. The Morgan fingerprint density at radius 2 is 0.730 bits per heavy atom. The van der Waals surface area contributed by atoms with E-state index in [1.54, 1.807) is 0 Å². The van der Waals surface area contributed by atoms with Crippen LogP contribution in [0.25, 0.3) is 113 Å². The van der Waals surface area contributed by atoms with Gasteiger partial charge in [0, 0.05) is 233 Å². The van der Waals surface area contributed by atoms with E-state index in [-0.39, 0.29) is 11.2 Å². The lowest BCUT2D eigenvalue weighted by Gasteiger charge is -2.39. The fourth-order valence-electron chi connectivity index (χ4n) is 19.7. The minimum atomic E-state index is -0.206. The van der Waals surface area contributed by atoms with Crippen LogP contribution in [0.15, 0.2) is 183 Å². The molecule has 20 rings (SSSR count). The van der Waals surface area contributed by atoms with Gasteiger partial charge in [-0.25, -0.2) is 4.39 Å². The Bertz CT molecular complexity index is 6400. The number of allylic oxidation sites excluding steroid dienone is 6. The quantitative estimate of drug-likeness (QED) is 0.113. The van der Waals surface area contributed by atoms with Gasteiger partial charge < -0.3 is 47.3 Å². The van der Waals surface area contributed by atoms with Crippen LogP contribution in [-0.4, -0.2) is 130 Å². The van der Waals surface area contributed by atoms with E-state index in [0.717, 1.165) is 114 Å². The van der Waals surface area contributed by atoms with Gasteiger partial charge in [0.15, 0.2) is 0 Å². The molecule has 0 aliphatic carbocycles. The third-order valence-corrected chi connectivity index (χ3v) is 28.6. The van der Waals surface area contributed by atoms with Crippen LogP contribution in [-0.2, 0) is 70.9 Å². The number of benzene rings is 6. The highest BCUT2D eigenvalue weighted by atomic mass is 32.1. The van der Waals surface area contributed by atoms with Crippen molar-refractivity contribution in [2.75, 3.05) is 68.0 Å². The van der Waals surface area contributed by atoms with Gasteiger partial charge in [0.05, 0.1) is 33.8 Å². The second kappa shape index (κ2) is 37.1. The number of likely N-dealkylation sites (N-methyl/N-ethyl adjacent to an activating group) is 5. The Morgan fingerprint density at radius 1 is 0.389 bits per heavy atom. The number of nitrogens with zero attached hydrogens (tertiary/aromatic N) is 13. The van der Waals surface area contributed by atoms with Gasteiger partial charge in [-0.3, -0.25) is 9.67 Å². The average Bonchev–Trinajstić information content (AvgIpc) is 1.61. The molecule has 14 heterocycles. The van der Waals surface area contributed by atoms with Crippen LogP contribution in [0.1, 0.15) is 174 Å². The number of hydrogen-bond donors (Lipinski definition) is 0. The summed E-state index contributed by atoms with van der Waals surface area (Å²) in [6.45, 7) is 45.1. The summed E-state index contributed by atoms with van der Waals surface area (Å²) in [6, 6.07) is 53.9. The summed E-state index contributed by atoms with van der Waals surface area (Å²) in [5, 5.41) is 11.3. The Kier molecular flexibility index (Phi) is 26.0. The van der Waals surface area contributed by atoms with E-state index < -0.39 is 0 Å². The standard InChI is InChI=1S/C26H29FN2.C22H25N3.2C21H24N2S.C20H24N4/c1-6-13-26(4)17-28(5)16-23-22-14-18(2)7-12-24(22)29(25(23)26)15-19(3)20-8-10-21(27)11-9-20;1-15-5-8-21-19(11-15)20-14-24(4)10-9-22(20)25(21)13-16(2)18-7-6-17(3)23-12-18;2*1-14-5-7-19-17(11-14)18-13-22(4)10-9-20(18)23(19)12-15(2)21-8-6-16(3)24-21;1-14-5-6-19-17(9-14)18-13-22(3)8-7-20(18)24(19)11-15(2)16-10-21-23(4)12-16/h6-12,14-15H,1,13,16-17H2,2-5H3;5-8,11-13H,9-10,14H2,1-4H3;2*5-8,11-12H,9-10,13H2,1-4H3;5-6,9-12H,7-8,13H2,1-4H3/b19-15+;16-13-;15-12+;15-12-;15-11-. The first-order chi connectivity index (χ1) is 60.4. The zero-order chi connectivity index (χ0) is 88.8. The van der Waals surface area contributed by atoms with Crippen molar-refractivity contribution in [2.45, 2.75) is 167 Å². The summed E-state index contributed by atoms with van der Waals surface area (Å²) in [7, 11) is 13.0. The van der Waals surface area contributed by atoms with Crippen molar-refractivity contribution >= 4 is 136 Å². The van der Waals surface area contributed by atoms with Gasteiger partial charge in [-0.15, -0.1) is 29.3 Å². The fourth-order valence-corrected chi connectivity index (χ4v) is 21.4. The van der Waals surface area contributed by atoms with Crippen molar-refractivity contribution in [3.05, 3.63) is 315 Å². The van der Waals surface area contributed by atoms with Gasteiger partial charge in [0.2, 0.25) is 0 Å². The predicted molar refractivity (Wildman–Crippen MR) is 538 cm³/mol. The van der Waals surface area contributed by atoms with E-state index in [2.05, 4.69) is 354 Å². The molecule has 13 nitrogen and oxygen atoms in total. The predicted octanol–water partition coefficient (Wildman–Crippen LogP) is 25.4. The Morgan fingerprint density at radius 3 is 1.08 bits per heavy atom. The number of rotatable bonds is 12. The molecule has 6 aromatic carbocycles. The van der Waals surface area contributed by atoms with Gasteiger partial charge in [-0.1, -0.05) is 89.3 Å². The first-order valence-corrected chi connectivity index (χ1v) is 46.5. The number of aromatic nitrogens is 8. The largest absolute Gasteiger partial charge is 0.320 e. The van der Waals surface area contributed by atoms with Crippen molar-refractivity contribution < 1.29 is 4.39 Å². The molecule has 9 aromatic heterocycles. The molecule has 1 unspecified atom stereocenters. The molecule has 0 spiro atoms. The smallest absolute Gasteiger partial charge is 0.123 e. The molecule has 0 saturated carbocycles. The number of thiophene rings is 2. The van der Waals surface area contributed by atoms with E-state index in [9.17, 15) is 4.39 Å². The maximum atomic E-state index is 13.4. The minimum Gasteiger partial charge on any atom is -0.320 e. The lowest BCUT2D eigenvalue weighted by atomic mass is 9.78. The van der Waals surface area contributed by atoms with Crippen molar-refractivity contribution in [3.8, 4) is 0 Å². The van der Waals surface area contributed by atoms with Crippen LogP contribution in [0.2, 0.25) is 0 Å². The molecule has 126 heavy (non-hydrogen) atoms. The highest BCUT2D eigenvalue weighted by molar-refractivity contribution is 7.13. The van der Waals surface area contributed by atoms with Gasteiger partial charge in [0.1, 0.15) is 5.82 Å². The SMILES string of the molecule is C/C(=C/n1c2c(c3cc(C)ccc31)CN(C)CC2)c1ccc(C)nc1.C/C(=C/n1c2c(c3cc(C)ccc31)CN(C)CC2)c1ccc(C)s1.C/C(=C/n1c2c(c3cc(C)ccc31)CN(C)CC2)c1cnn(C)c1.C/C(=C\n1c2c(c3cc(C)ccc31)CN(C)CC2)c1ccc(C)s1.C=CCC1(C)CN(C)Cc2c1n(/C=C(\C)c1ccc(F)cc1)c1ccc(C)cc21. The molecular weight excluding hydrogens is 1590 g/mol. The minimum absolute atomic E-state index is 0.0173. The van der Waals surface area contributed by atoms with Gasteiger partial charge in [-0.05, 0) is 302 Å². The van der Waals surface area contributed by atoms with E-state index in [1.807, 2.05) is 71.9 Å². The summed E-state index contributed by atoms with van der Waals surface area (Å²) >= 11 is 3.75. The van der Waals surface area contributed by atoms with E-state index in [1.165, 1.54) is 204 Å². The second-order valence-corrected chi connectivity index (χ2v) is 39.7. The number of aryl methyl sites for hydroxylation is 9. The van der Waals surface area contributed by atoms with Crippen LogP contribution in [0.5, 0.6) is 0 Å².